The number of carbonyl (C=O) groups excluding carboxylic acids is 2. The van der Waals surface area contributed by atoms with Crippen LogP contribution >= 0.6 is 23.1 Å². The van der Waals surface area contributed by atoms with Gasteiger partial charge in [0.15, 0.2) is 4.34 Å². The number of carbonyl (C=O) groups is 2. The van der Waals surface area contributed by atoms with Crippen molar-refractivity contribution < 1.29 is 9.59 Å². The minimum absolute atomic E-state index is 0.108. The van der Waals surface area contributed by atoms with E-state index in [0.29, 0.717) is 16.0 Å². The molecule has 2 aromatic rings. The summed E-state index contributed by atoms with van der Waals surface area (Å²) in [5.74, 6) is -0.262. The van der Waals surface area contributed by atoms with Crippen molar-refractivity contribution in [1.29, 1.82) is 0 Å². The van der Waals surface area contributed by atoms with Gasteiger partial charge in [0, 0.05) is 12.2 Å². The van der Waals surface area contributed by atoms with E-state index in [1.807, 2.05) is 12.1 Å². The number of amides is 3. The second-order valence-corrected chi connectivity index (χ2v) is 6.94. The molecular weight excluding hydrogens is 346 g/mol. The third-order valence-corrected chi connectivity index (χ3v) is 4.91. The fraction of sp³-hybridized carbons (Fsp3) is 0.333. The van der Waals surface area contributed by atoms with Gasteiger partial charge < -0.3 is 10.6 Å². The number of hydrogen-bond acceptors (Lipinski definition) is 7. The molecule has 2 rings (SSSR count). The van der Waals surface area contributed by atoms with E-state index in [9.17, 15) is 9.59 Å². The number of aromatic nitrogens is 2. The summed E-state index contributed by atoms with van der Waals surface area (Å²) in [6.45, 7) is 4.36. The normalized spacial score (nSPS) is 10.2. The van der Waals surface area contributed by atoms with Crippen molar-refractivity contribution in [1.82, 2.24) is 20.8 Å². The minimum atomic E-state index is -0.488. The number of imide groups is 1. The molecule has 0 saturated carbocycles. The first-order valence-corrected chi connectivity index (χ1v) is 9.30. The Kier molecular flexibility index (Phi) is 7.01. The van der Waals surface area contributed by atoms with E-state index in [1.54, 1.807) is 6.92 Å². The Balaban J connectivity index is 1.82. The van der Waals surface area contributed by atoms with E-state index in [1.165, 1.54) is 28.7 Å². The quantitative estimate of drug-likeness (QED) is 0.653. The summed E-state index contributed by atoms with van der Waals surface area (Å²) < 4.78 is 0.661. The highest BCUT2D eigenvalue weighted by Gasteiger charge is 2.10. The van der Waals surface area contributed by atoms with E-state index in [-0.39, 0.29) is 11.7 Å². The summed E-state index contributed by atoms with van der Waals surface area (Å²) in [4.78, 5) is 22.8. The molecule has 9 heteroatoms. The standard InChI is InChI=1S/C15H19N5O2S2/c1-3-10-5-7-11(8-6-10)17-14-19-20-15(24-14)23-9-12(21)18-13(22)16-4-2/h5-8H,3-4,9H2,1-2H3,(H,17,19)(H2,16,18,21,22). The van der Waals surface area contributed by atoms with Gasteiger partial charge in [-0.05, 0) is 31.0 Å². The lowest BCUT2D eigenvalue weighted by atomic mass is 10.1. The van der Waals surface area contributed by atoms with Gasteiger partial charge in [0.05, 0.1) is 5.75 Å². The van der Waals surface area contributed by atoms with Crippen LogP contribution in [-0.4, -0.2) is 34.4 Å². The molecule has 7 nitrogen and oxygen atoms in total. The van der Waals surface area contributed by atoms with Gasteiger partial charge in [0.25, 0.3) is 0 Å². The molecule has 0 fully saturated rings. The van der Waals surface area contributed by atoms with Crippen LogP contribution in [0.3, 0.4) is 0 Å². The highest BCUT2D eigenvalue weighted by Crippen LogP contribution is 2.27. The van der Waals surface area contributed by atoms with Gasteiger partial charge in [-0.2, -0.15) is 0 Å². The lowest BCUT2D eigenvalue weighted by Gasteiger charge is -2.03. The maximum atomic E-state index is 11.6. The lowest BCUT2D eigenvalue weighted by Crippen LogP contribution is -2.40. The molecule has 0 spiro atoms. The van der Waals surface area contributed by atoms with Crippen molar-refractivity contribution in [2.75, 3.05) is 17.6 Å². The van der Waals surface area contributed by atoms with Crippen LogP contribution in [0.5, 0.6) is 0 Å². The van der Waals surface area contributed by atoms with Crippen LogP contribution in [0.2, 0.25) is 0 Å². The van der Waals surface area contributed by atoms with Crippen LogP contribution in [0.15, 0.2) is 28.6 Å². The molecule has 0 radical (unpaired) electrons. The summed E-state index contributed by atoms with van der Waals surface area (Å²) in [5.41, 5.74) is 2.21. The molecule has 0 bridgehead atoms. The first kappa shape index (κ1) is 18.2. The number of aryl methyl sites for hydroxylation is 1. The molecule has 24 heavy (non-hydrogen) atoms. The highest BCUT2D eigenvalue weighted by molar-refractivity contribution is 8.01. The molecule has 1 heterocycles. The zero-order valence-electron chi connectivity index (χ0n) is 13.5. The summed E-state index contributed by atoms with van der Waals surface area (Å²) >= 11 is 2.60. The van der Waals surface area contributed by atoms with Crippen LogP contribution < -0.4 is 16.0 Å². The van der Waals surface area contributed by atoms with Gasteiger partial charge >= 0.3 is 6.03 Å². The molecule has 0 saturated heterocycles. The van der Waals surface area contributed by atoms with Crippen LogP contribution in [-0.2, 0) is 11.2 Å². The van der Waals surface area contributed by atoms with Gasteiger partial charge in [-0.15, -0.1) is 10.2 Å². The zero-order valence-corrected chi connectivity index (χ0v) is 15.1. The fourth-order valence-electron chi connectivity index (χ4n) is 1.76. The monoisotopic (exact) mass is 365 g/mol. The molecule has 0 aliphatic rings. The minimum Gasteiger partial charge on any atom is -0.338 e. The van der Waals surface area contributed by atoms with Crippen molar-refractivity contribution in [2.45, 2.75) is 24.6 Å². The van der Waals surface area contributed by atoms with Crippen LogP contribution in [0.25, 0.3) is 0 Å². The Morgan fingerprint density at radius 2 is 1.92 bits per heavy atom. The van der Waals surface area contributed by atoms with Gasteiger partial charge in [0.1, 0.15) is 0 Å². The average Bonchev–Trinajstić information content (AvgIpc) is 3.01. The lowest BCUT2D eigenvalue weighted by molar-refractivity contribution is -0.117. The Bertz CT molecular complexity index is 687. The first-order valence-electron chi connectivity index (χ1n) is 7.50. The number of urea groups is 1. The number of nitrogens with zero attached hydrogens (tertiary/aromatic N) is 2. The van der Waals surface area contributed by atoms with Crippen molar-refractivity contribution >= 4 is 45.9 Å². The van der Waals surface area contributed by atoms with E-state index in [0.717, 1.165) is 12.1 Å². The maximum Gasteiger partial charge on any atom is 0.321 e. The molecule has 128 valence electrons. The molecule has 0 aliphatic carbocycles. The molecule has 1 aromatic heterocycles. The average molecular weight is 365 g/mol. The molecule has 1 aromatic carbocycles. The Morgan fingerprint density at radius 3 is 2.58 bits per heavy atom. The van der Waals surface area contributed by atoms with Crippen molar-refractivity contribution in [3.05, 3.63) is 29.8 Å². The number of hydrogen-bond donors (Lipinski definition) is 3. The Labute approximate surface area is 148 Å². The van der Waals surface area contributed by atoms with Crippen LogP contribution in [0.1, 0.15) is 19.4 Å². The first-order chi connectivity index (χ1) is 11.6. The molecular formula is C15H19N5O2S2. The van der Waals surface area contributed by atoms with E-state index < -0.39 is 6.03 Å². The van der Waals surface area contributed by atoms with Gasteiger partial charge in [0.2, 0.25) is 11.0 Å². The predicted molar refractivity (Wildman–Crippen MR) is 97.0 cm³/mol. The fourth-order valence-corrected chi connectivity index (χ4v) is 3.33. The molecule has 3 N–H and O–H groups in total. The molecule has 0 unspecified atom stereocenters. The SMILES string of the molecule is CCNC(=O)NC(=O)CSc1nnc(Nc2ccc(CC)cc2)s1. The number of rotatable bonds is 7. The summed E-state index contributed by atoms with van der Waals surface area (Å²) in [6.07, 6.45) is 0.998. The van der Waals surface area contributed by atoms with Gasteiger partial charge in [-0.1, -0.05) is 42.2 Å². The van der Waals surface area contributed by atoms with Gasteiger partial charge in [-0.25, -0.2) is 4.79 Å². The summed E-state index contributed by atoms with van der Waals surface area (Å²) in [5, 5.41) is 16.6. The van der Waals surface area contributed by atoms with Crippen molar-refractivity contribution in [2.24, 2.45) is 0 Å². The van der Waals surface area contributed by atoms with E-state index in [4.69, 9.17) is 0 Å². The number of nitrogens with one attached hydrogen (secondary N) is 3. The van der Waals surface area contributed by atoms with Gasteiger partial charge in [-0.3, -0.25) is 10.1 Å². The summed E-state index contributed by atoms with van der Waals surface area (Å²) in [7, 11) is 0. The smallest absolute Gasteiger partial charge is 0.321 e. The second-order valence-electron chi connectivity index (χ2n) is 4.74. The van der Waals surface area contributed by atoms with Crippen molar-refractivity contribution in [3.63, 3.8) is 0 Å². The maximum absolute atomic E-state index is 11.6. The molecule has 0 aliphatic heterocycles. The summed E-state index contributed by atoms with van der Waals surface area (Å²) in [6, 6.07) is 7.62. The number of thioether (sulfide) groups is 1. The number of benzene rings is 1. The zero-order chi connectivity index (χ0) is 17.4. The van der Waals surface area contributed by atoms with E-state index in [2.05, 4.69) is 45.2 Å². The third-order valence-electron chi connectivity index (χ3n) is 2.94. The molecule has 0 atom stereocenters. The van der Waals surface area contributed by atoms with Crippen molar-refractivity contribution in [3.8, 4) is 0 Å². The topological polar surface area (TPSA) is 96.0 Å². The number of anilines is 2. The largest absolute Gasteiger partial charge is 0.338 e. The van der Waals surface area contributed by atoms with E-state index >= 15 is 0 Å². The predicted octanol–water partition coefficient (Wildman–Crippen LogP) is 2.78. The second kappa shape index (κ2) is 9.24. The highest BCUT2D eigenvalue weighted by atomic mass is 32.2. The third kappa shape index (κ3) is 5.82. The Hall–Kier alpha value is -2.13. The van der Waals surface area contributed by atoms with Crippen LogP contribution in [0.4, 0.5) is 15.6 Å². The Morgan fingerprint density at radius 1 is 1.17 bits per heavy atom. The molecule has 3 amide bonds. The van der Waals surface area contributed by atoms with Crippen LogP contribution in [0, 0.1) is 0 Å².